The van der Waals surface area contributed by atoms with E-state index in [4.69, 9.17) is 0 Å². The molecule has 15 heavy (non-hydrogen) atoms. The number of rotatable bonds is 5. The largest absolute Gasteiger partial charge is 0.392 e. The van der Waals surface area contributed by atoms with Gasteiger partial charge in [-0.1, -0.05) is 20.8 Å². The summed E-state index contributed by atoms with van der Waals surface area (Å²) in [6.07, 6.45) is 2.47. The molecule has 0 bridgehead atoms. The van der Waals surface area contributed by atoms with Gasteiger partial charge in [-0.05, 0) is 24.0 Å². The van der Waals surface area contributed by atoms with Crippen LogP contribution in [0.4, 0.5) is 0 Å². The van der Waals surface area contributed by atoms with Crippen LogP contribution in [0.5, 0.6) is 0 Å². The minimum atomic E-state index is -0.264. The monoisotopic (exact) mass is 210 g/mol. The molecule has 0 fully saturated rings. The van der Waals surface area contributed by atoms with Crippen molar-refractivity contribution in [3.63, 3.8) is 0 Å². The molecule has 1 aromatic rings. The highest BCUT2D eigenvalue weighted by Gasteiger charge is 2.15. The van der Waals surface area contributed by atoms with Crippen molar-refractivity contribution in [2.24, 2.45) is 5.41 Å². The first-order valence-corrected chi connectivity index (χ1v) is 5.48. The molecule has 0 aliphatic rings. The molecule has 0 radical (unpaired) electrons. The first kappa shape index (κ1) is 12.3. The maximum atomic E-state index is 9.74. The average molecular weight is 210 g/mol. The molecule has 86 valence electrons. The minimum Gasteiger partial charge on any atom is -0.392 e. The highest BCUT2D eigenvalue weighted by molar-refractivity contribution is 5.02. The molecular weight excluding hydrogens is 188 g/mol. The van der Waals surface area contributed by atoms with Crippen molar-refractivity contribution in [1.29, 1.82) is 0 Å². The Hall–Kier alpha value is -0.800. The second-order valence-corrected chi connectivity index (χ2v) is 5.24. The third-order valence-electron chi connectivity index (χ3n) is 2.21. The zero-order valence-corrected chi connectivity index (χ0v) is 9.88. The molecular formula is C12H22N2O. The van der Waals surface area contributed by atoms with Gasteiger partial charge in [-0.2, -0.15) is 0 Å². The fourth-order valence-corrected chi connectivity index (χ4v) is 1.63. The van der Waals surface area contributed by atoms with Gasteiger partial charge >= 0.3 is 0 Å². The van der Waals surface area contributed by atoms with E-state index < -0.39 is 0 Å². The van der Waals surface area contributed by atoms with Crippen molar-refractivity contribution in [2.75, 3.05) is 6.54 Å². The van der Waals surface area contributed by atoms with E-state index in [-0.39, 0.29) is 11.5 Å². The summed E-state index contributed by atoms with van der Waals surface area (Å²) in [4.78, 5) is 3.11. The van der Waals surface area contributed by atoms with Gasteiger partial charge in [0.15, 0.2) is 0 Å². The predicted molar refractivity (Wildman–Crippen MR) is 62.6 cm³/mol. The molecule has 0 aliphatic carbocycles. The molecule has 1 aromatic heterocycles. The van der Waals surface area contributed by atoms with Crippen LogP contribution in [0.1, 0.15) is 32.9 Å². The highest BCUT2D eigenvalue weighted by Crippen LogP contribution is 2.20. The lowest BCUT2D eigenvalue weighted by molar-refractivity contribution is 0.119. The molecule has 0 spiro atoms. The van der Waals surface area contributed by atoms with Crippen molar-refractivity contribution in [1.82, 2.24) is 10.3 Å². The maximum Gasteiger partial charge on any atom is 0.0669 e. The Balaban J connectivity index is 2.15. The molecule has 0 aromatic carbocycles. The zero-order chi connectivity index (χ0) is 11.3. The van der Waals surface area contributed by atoms with E-state index in [2.05, 4.69) is 31.1 Å². The number of aromatic nitrogens is 1. The van der Waals surface area contributed by atoms with E-state index in [0.717, 1.165) is 18.7 Å². The molecule has 0 saturated heterocycles. The fourth-order valence-electron chi connectivity index (χ4n) is 1.63. The first-order chi connectivity index (χ1) is 6.97. The Bertz CT molecular complexity index is 262. The minimum absolute atomic E-state index is 0.188. The Kier molecular flexibility index (Phi) is 4.36. The van der Waals surface area contributed by atoms with Gasteiger partial charge in [0.2, 0.25) is 0 Å². The van der Waals surface area contributed by atoms with Crippen molar-refractivity contribution in [3.05, 3.63) is 24.0 Å². The number of hydrogen-bond acceptors (Lipinski definition) is 2. The molecule has 3 nitrogen and oxygen atoms in total. The number of aromatic amines is 1. The Morgan fingerprint density at radius 3 is 2.73 bits per heavy atom. The van der Waals surface area contributed by atoms with Crippen LogP contribution in [0.25, 0.3) is 0 Å². The second-order valence-electron chi connectivity index (χ2n) is 5.24. The Morgan fingerprint density at radius 2 is 2.20 bits per heavy atom. The van der Waals surface area contributed by atoms with Gasteiger partial charge in [-0.3, -0.25) is 0 Å². The highest BCUT2D eigenvalue weighted by atomic mass is 16.3. The second kappa shape index (κ2) is 5.33. The van der Waals surface area contributed by atoms with Crippen molar-refractivity contribution in [3.8, 4) is 0 Å². The number of aliphatic hydroxyl groups excluding tert-OH is 1. The lowest BCUT2D eigenvalue weighted by Gasteiger charge is -2.22. The van der Waals surface area contributed by atoms with E-state index in [1.54, 1.807) is 0 Å². The smallest absolute Gasteiger partial charge is 0.0669 e. The molecule has 3 heteroatoms. The topological polar surface area (TPSA) is 48.0 Å². The van der Waals surface area contributed by atoms with Crippen molar-refractivity contribution < 1.29 is 5.11 Å². The number of H-pyrrole nitrogens is 1. The standard InChI is InChI=1S/C12H22N2O/c1-12(2,3)7-11(15)9-13-8-10-5-4-6-14-10/h4-6,11,13-15H,7-9H2,1-3H3. The first-order valence-electron chi connectivity index (χ1n) is 5.48. The normalized spacial score (nSPS) is 14.1. The number of nitrogens with one attached hydrogen (secondary N) is 2. The number of hydrogen-bond donors (Lipinski definition) is 3. The van der Waals surface area contributed by atoms with E-state index in [1.807, 2.05) is 18.3 Å². The van der Waals surface area contributed by atoms with E-state index >= 15 is 0 Å². The molecule has 1 heterocycles. The summed E-state index contributed by atoms with van der Waals surface area (Å²) < 4.78 is 0. The summed E-state index contributed by atoms with van der Waals surface area (Å²) in [7, 11) is 0. The predicted octanol–water partition coefficient (Wildman–Crippen LogP) is 1.90. The Morgan fingerprint density at radius 1 is 1.47 bits per heavy atom. The van der Waals surface area contributed by atoms with Gasteiger partial charge in [-0.25, -0.2) is 0 Å². The third-order valence-corrected chi connectivity index (χ3v) is 2.21. The zero-order valence-electron chi connectivity index (χ0n) is 9.88. The van der Waals surface area contributed by atoms with Gasteiger partial charge in [0.25, 0.3) is 0 Å². The van der Waals surface area contributed by atoms with Crippen LogP contribution in [-0.2, 0) is 6.54 Å². The van der Waals surface area contributed by atoms with Gasteiger partial charge in [-0.15, -0.1) is 0 Å². The third kappa shape index (κ3) is 5.60. The molecule has 1 unspecified atom stereocenters. The van der Waals surface area contributed by atoms with Crippen LogP contribution in [0.15, 0.2) is 18.3 Å². The summed E-state index contributed by atoms with van der Waals surface area (Å²) in [5, 5.41) is 13.0. The average Bonchev–Trinajstić information content (AvgIpc) is 2.53. The van der Waals surface area contributed by atoms with Gasteiger partial charge in [0.1, 0.15) is 0 Å². The van der Waals surface area contributed by atoms with Crippen molar-refractivity contribution in [2.45, 2.75) is 39.8 Å². The van der Waals surface area contributed by atoms with E-state index in [9.17, 15) is 5.11 Å². The summed E-state index contributed by atoms with van der Waals surface area (Å²) >= 11 is 0. The lowest BCUT2D eigenvalue weighted by atomic mass is 9.89. The van der Waals surface area contributed by atoms with Crippen LogP contribution in [0.3, 0.4) is 0 Å². The van der Waals surface area contributed by atoms with E-state index in [1.165, 1.54) is 0 Å². The summed E-state index contributed by atoms with van der Waals surface area (Å²) in [6.45, 7) is 7.86. The van der Waals surface area contributed by atoms with Gasteiger partial charge in [0.05, 0.1) is 6.10 Å². The number of aliphatic hydroxyl groups is 1. The summed E-state index contributed by atoms with van der Waals surface area (Å²) in [5.41, 5.74) is 1.34. The van der Waals surface area contributed by atoms with Crippen LogP contribution in [0, 0.1) is 5.41 Å². The van der Waals surface area contributed by atoms with Crippen LogP contribution in [-0.4, -0.2) is 22.7 Å². The van der Waals surface area contributed by atoms with Gasteiger partial charge in [0, 0.05) is 25.0 Å². The quantitative estimate of drug-likeness (QED) is 0.695. The van der Waals surface area contributed by atoms with Crippen LogP contribution >= 0.6 is 0 Å². The summed E-state index contributed by atoms with van der Waals surface area (Å²) in [6, 6.07) is 4.01. The van der Waals surface area contributed by atoms with Crippen LogP contribution in [0.2, 0.25) is 0 Å². The molecule has 3 N–H and O–H groups in total. The molecule has 0 aliphatic heterocycles. The fraction of sp³-hybridized carbons (Fsp3) is 0.667. The lowest BCUT2D eigenvalue weighted by Crippen LogP contribution is -2.29. The maximum absolute atomic E-state index is 9.74. The molecule has 1 rings (SSSR count). The molecule has 1 atom stereocenters. The molecule has 0 saturated carbocycles. The SMILES string of the molecule is CC(C)(C)CC(O)CNCc1ccc[nH]1. The van der Waals surface area contributed by atoms with E-state index in [0.29, 0.717) is 6.54 Å². The summed E-state index contributed by atoms with van der Waals surface area (Å²) in [5.74, 6) is 0. The van der Waals surface area contributed by atoms with Crippen molar-refractivity contribution >= 4 is 0 Å². The molecule has 0 amide bonds. The van der Waals surface area contributed by atoms with Gasteiger partial charge < -0.3 is 15.4 Å². The Labute approximate surface area is 91.9 Å². The van der Waals surface area contributed by atoms with Crippen LogP contribution < -0.4 is 5.32 Å².